The number of hydrogen-bond acceptors (Lipinski definition) is 9. The minimum Gasteiger partial charge on any atom is -0.397 e. The van der Waals surface area contributed by atoms with Gasteiger partial charge in [0.1, 0.15) is 5.82 Å². The average molecular weight is 670 g/mol. The average Bonchev–Trinajstić information content (AvgIpc) is 4.02. The molecule has 49 heavy (non-hydrogen) atoms. The van der Waals surface area contributed by atoms with Gasteiger partial charge in [-0.15, -0.1) is 0 Å². The quantitative estimate of drug-likeness (QED) is 0.108. The van der Waals surface area contributed by atoms with E-state index < -0.39 is 11.7 Å². The monoisotopic (exact) mass is 669 g/mol. The number of aldehydes is 1. The van der Waals surface area contributed by atoms with Crippen molar-refractivity contribution in [2.75, 3.05) is 64.8 Å². The number of carbonyl (C=O) groups excluding carboxylic acids is 4. The first-order chi connectivity index (χ1) is 23.7. The second kappa shape index (κ2) is 14.6. The third-order valence-corrected chi connectivity index (χ3v) is 9.60. The molecule has 0 radical (unpaired) electrons. The number of rotatable bonds is 15. The number of pyridine rings is 1. The summed E-state index contributed by atoms with van der Waals surface area (Å²) in [6, 6.07) is 12.8. The van der Waals surface area contributed by atoms with Gasteiger partial charge in [-0.1, -0.05) is 30.3 Å². The van der Waals surface area contributed by atoms with Crippen LogP contribution < -0.4 is 16.4 Å². The zero-order valence-electron chi connectivity index (χ0n) is 27.2. The molecule has 3 fully saturated rings. The number of benzene rings is 2. The van der Waals surface area contributed by atoms with E-state index in [1.54, 1.807) is 35.4 Å². The van der Waals surface area contributed by atoms with E-state index in [-0.39, 0.29) is 60.3 Å². The summed E-state index contributed by atoms with van der Waals surface area (Å²) >= 11 is 0. The molecule has 1 saturated heterocycles. The number of nitrogens with two attached hydrogens (primary N) is 1. The van der Waals surface area contributed by atoms with Crippen LogP contribution in [0.2, 0.25) is 0 Å². The lowest BCUT2D eigenvalue weighted by molar-refractivity contribution is -0.131. The Morgan fingerprint density at radius 1 is 1.02 bits per heavy atom. The Morgan fingerprint density at radius 3 is 2.45 bits per heavy atom. The molecule has 3 aliphatic rings. The fourth-order valence-corrected chi connectivity index (χ4v) is 6.34. The second-order valence-electron chi connectivity index (χ2n) is 12.8. The van der Waals surface area contributed by atoms with Crippen LogP contribution in [0.5, 0.6) is 0 Å². The van der Waals surface area contributed by atoms with Gasteiger partial charge in [0, 0.05) is 74.1 Å². The predicted octanol–water partition coefficient (Wildman–Crippen LogP) is 2.21. The van der Waals surface area contributed by atoms with Crippen molar-refractivity contribution in [1.82, 2.24) is 25.4 Å². The second-order valence-corrected chi connectivity index (χ2v) is 12.8. The number of amides is 3. The number of hydrogen-bond donors (Lipinski definition) is 4. The number of fused-ring (bicyclic) bond motifs is 1. The van der Waals surface area contributed by atoms with Gasteiger partial charge in [-0.2, -0.15) is 0 Å². The Hall–Kier alpha value is -5.01. The Morgan fingerprint density at radius 2 is 1.73 bits per heavy atom. The zero-order chi connectivity index (χ0) is 34.5. The van der Waals surface area contributed by atoms with Crippen molar-refractivity contribution in [2.24, 2.45) is 5.92 Å². The summed E-state index contributed by atoms with van der Waals surface area (Å²) in [5.41, 5.74) is 9.67. The van der Waals surface area contributed by atoms with Crippen LogP contribution in [0.25, 0.3) is 0 Å². The van der Waals surface area contributed by atoms with E-state index in [1.165, 1.54) is 35.9 Å². The lowest BCUT2D eigenvalue weighted by Crippen LogP contribution is -2.52. The van der Waals surface area contributed by atoms with Gasteiger partial charge < -0.3 is 36.3 Å². The van der Waals surface area contributed by atoms with E-state index in [1.807, 2.05) is 6.07 Å². The van der Waals surface area contributed by atoms with E-state index >= 15 is 0 Å². The molecular weight excluding hydrogens is 629 g/mol. The molecule has 0 spiro atoms. The summed E-state index contributed by atoms with van der Waals surface area (Å²) in [6.45, 7) is 2.63. The minimum atomic E-state index is -0.656. The van der Waals surface area contributed by atoms with Crippen LogP contribution in [-0.2, 0) is 21.4 Å². The summed E-state index contributed by atoms with van der Waals surface area (Å²) in [5, 5.41) is 14.3. The molecule has 3 aromatic rings. The number of anilines is 1. The Labute approximate surface area is 283 Å². The maximum Gasteiger partial charge on any atom is 0.272 e. The summed E-state index contributed by atoms with van der Waals surface area (Å²) in [4.78, 5) is 57.2. The highest BCUT2D eigenvalue weighted by Crippen LogP contribution is 2.75. The van der Waals surface area contributed by atoms with E-state index in [2.05, 4.69) is 15.6 Å². The molecule has 2 saturated carbocycles. The molecular formula is C36H40FN7O5. The lowest BCUT2D eigenvalue weighted by atomic mass is 9.97. The number of nitrogens with one attached hydrogen (secondary N) is 3. The highest BCUT2D eigenvalue weighted by atomic mass is 19.1. The van der Waals surface area contributed by atoms with Crippen LogP contribution >= 0.6 is 0 Å². The van der Waals surface area contributed by atoms with Crippen LogP contribution in [0.15, 0.2) is 54.7 Å². The molecule has 256 valence electrons. The third-order valence-electron chi connectivity index (χ3n) is 9.60. The number of nitrogen functional groups attached to an aromatic ring is 1. The van der Waals surface area contributed by atoms with Gasteiger partial charge in [0.25, 0.3) is 11.8 Å². The van der Waals surface area contributed by atoms with Crippen molar-refractivity contribution in [3.63, 3.8) is 0 Å². The van der Waals surface area contributed by atoms with Crippen LogP contribution in [0.4, 0.5) is 10.1 Å². The Balaban J connectivity index is 0.862. The zero-order valence-corrected chi connectivity index (χ0v) is 27.2. The summed E-state index contributed by atoms with van der Waals surface area (Å²) < 4.78 is 20.3. The SMILES string of the molecule is N=C(Cc1ccc(F)c(C(=O)N2CCN(C(=O)CNCCOCCNC(=O)c3ncc(C45CC4C5)cc3N)CC2)c1)c1ccccc1C=O. The number of piperazine rings is 1. The van der Waals surface area contributed by atoms with Crippen LogP contribution in [0.3, 0.4) is 0 Å². The van der Waals surface area contributed by atoms with Crippen LogP contribution in [-0.4, -0.2) is 104 Å². The molecule has 13 heteroatoms. The molecule has 2 aliphatic carbocycles. The van der Waals surface area contributed by atoms with Gasteiger partial charge >= 0.3 is 0 Å². The molecule has 2 aromatic carbocycles. The number of nitrogens with zero attached hydrogens (tertiary/aromatic N) is 3. The Bertz CT molecular complexity index is 1770. The maximum atomic E-state index is 14.7. The van der Waals surface area contributed by atoms with Crippen LogP contribution in [0.1, 0.15) is 60.7 Å². The predicted molar refractivity (Wildman–Crippen MR) is 180 cm³/mol. The summed E-state index contributed by atoms with van der Waals surface area (Å²) in [6.07, 6.45) is 4.97. The topological polar surface area (TPSA) is 171 Å². The van der Waals surface area contributed by atoms with E-state index in [9.17, 15) is 23.6 Å². The molecule has 6 rings (SSSR count). The first kappa shape index (κ1) is 33.9. The number of ether oxygens (including phenoxy) is 1. The summed E-state index contributed by atoms with van der Waals surface area (Å²) in [7, 11) is 0. The van der Waals surface area contributed by atoms with Crippen molar-refractivity contribution in [3.05, 3.63) is 94.1 Å². The number of aromatic nitrogens is 1. The van der Waals surface area contributed by atoms with E-state index in [4.69, 9.17) is 15.9 Å². The van der Waals surface area contributed by atoms with Crippen molar-refractivity contribution >= 4 is 35.4 Å². The van der Waals surface area contributed by atoms with Gasteiger partial charge in [0.2, 0.25) is 5.91 Å². The Kier molecular flexibility index (Phi) is 10.1. The van der Waals surface area contributed by atoms with Crippen molar-refractivity contribution < 1.29 is 28.3 Å². The number of carbonyl (C=O) groups is 4. The molecule has 3 amide bonds. The highest BCUT2D eigenvalue weighted by molar-refractivity contribution is 6.05. The largest absolute Gasteiger partial charge is 0.397 e. The van der Waals surface area contributed by atoms with Crippen molar-refractivity contribution in [1.29, 1.82) is 5.41 Å². The molecule has 1 aromatic heterocycles. The molecule has 0 unspecified atom stereocenters. The minimum absolute atomic E-state index is 0.0887. The normalized spacial score (nSPS) is 19.2. The standard InChI is InChI=1S/C36H40FN7O5/c37-29-6-5-23(16-30(38)27-4-2-1-3-24(27)22-45)15-28(29)35(48)44-11-9-43(10-12-44)32(46)21-40-7-13-49-14-8-41-34(47)33-31(39)17-25(20-42-33)36-18-26(36)19-36/h1-6,15,17,20,22,26,38,40H,7-14,16,18-19,21,39H2,(H,41,47). The smallest absolute Gasteiger partial charge is 0.272 e. The highest BCUT2D eigenvalue weighted by Gasteiger charge is 2.70. The first-order valence-electron chi connectivity index (χ1n) is 16.5. The molecule has 0 atom stereocenters. The first-order valence-corrected chi connectivity index (χ1v) is 16.5. The van der Waals surface area contributed by atoms with Gasteiger partial charge in [0.15, 0.2) is 12.0 Å². The van der Waals surface area contributed by atoms with Crippen molar-refractivity contribution in [2.45, 2.75) is 24.7 Å². The number of halogens is 1. The molecule has 1 aliphatic heterocycles. The molecule has 0 bridgehead atoms. The van der Waals surface area contributed by atoms with E-state index in [0.717, 1.165) is 11.5 Å². The van der Waals surface area contributed by atoms with E-state index in [0.29, 0.717) is 68.1 Å². The third kappa shape index (κ3) is 7.68. The fourth-order valence-electron chi connectivity index (χ4n) is 6.34. The lowest BCUT2D eigenvalue weighted by Gasteiger charge is -2.35. The molecule has 5 N–H and O–H groups in total. The van der Waals surface area contributed by atoms with Gasteiger partial charge in [-0.25, -0.2) is 9.37 Å². The van der Waals surface area contributed by atoms with Gasteiger partial charge in [-0.05, 0) is 48.1 Å². The van der Waals surface area contributed by atoms with Crippen LogP contribution in [0, 0.1) is 17.1 Å². The molecule has 12 nitrogen and oxygen atoms in total. The van der Waals surface area contributed by atoms with Gasteiger partial charge in [0.05, 0.1) is 31.0 Å². The maximum absolute atomic E-state index is 14.7. The fraction of sp³-hybridized carbons (Fsp3) is 0.389. The van der Waals surface area contributed by atoms with Gasteiger partial charge in [-0.3, -0.25) is 19.2 Å². The van der Waals surface area contributed by atoms with Crippen molar-refractivity contribution in [3.8, 4) is 0 Å². The summed E-state index contributed by atoms with van der Waals surface area (Å²) in [5.74, 6) is -0.813. The molecule has 2 heterocycles.